The summed E-state index contributed by atoms with van der Waals surface area (Å²) in [6, 6.07) is 0. The summed E-state index contributed by atoms with van der Waals surface area (Å²) in [4.78, 5) is 12.9. The van der Waals surface area contributed by atoms with Crippen molar-refractivity contribution < 1.29 is 19.7 Å². The summed E-state index contributed by atoms with van der Waals surface area (Å²) in [7, 11) is 0. The Kier molecular flexibility index (Phi) is 5.62. The molecule has 4 fully saturated rings. The second-order valence-corrected chi connectivity index (χ2v) is 12.8. The average molecular weight is 421 g/mol. The third-order valence-electron chi connectivity index (χ3n) is 10.1. The van der Waals surface area contributed by atoms with Gasteiger partial charge >= 0.3 is 5.97 Å². The van der Waals surface area contributed by atoms with Crippen LogP contribution in [0.25, 0.3) is 0 Å². The average Bonchev–Trinajstić information content (AvgIpc) is 2.98. The van der Waals surface area contributed by atoms with Crippen molar-refractivity contribution in [3.05, 3.63) is 0 Å². The number of aliphatic hydroxyl groups is 2. The maximum absolute atomic E-state index is 12.9. The molecular formula is C26H44O4. The predicted octanol–water partition coefficient (Wildman–Crippen LogP) is 4.95. The Morgan fingerprint density at radius 2 is 1.60 bits per heavy atom. The molecule has 4 aliphatic rings. The fourth-order valence-electron chi connectivity index (χ4n) is 8.62. The summed E-state index contributed by atoms with van der Waals surface area (Å²) in [5.74, 6) is 2.01. The van der Waals surface area contributed by atoms with Crippen LogP contribution in [0.3, 0.4) is 0 Å². The van der Waals surface area contributed by atoms with E-state index in [0.717, 1.165) is 51.4 Å². The number of hydrogen-bond donors (Lipinski definition) is 2. The van der Waals surface area contributed by atoms with Crippen molar-refractivity contribution in [1.82, 2.24) is 0 Å². The number of hydrogen-bond acceptors (Lipinski definition) is 4. The zero-order valence-electron chi connectivity index (χ0n) is 20.0. The molecule has 0 bridgehead atoms. The number of aliphatic hydroxyl groups excluding tert-OH is 2. The molecule has 4 nitrogen and oxygen atoms in total. The first kappa shape index (κ1) is 22.6. The minimum atomic E-state index is -0.448. The van der Waals surface area contributed by atoms with Crippen LogP contribution >= 0.6 is 0 Å². The van der Waals surface area contributed by atoms with E-state index >= 15 is 0 Å². The maximum atomic E-state index is 12.9. The molecule has 0 aromatic rings. The Labute approximate surface area is 183 Å². The Hall–Kier alpha value is -0.610. The number of carbonyl (C=O) groups excluding carboxylic acids is 1. The van der Waals surface area contributed by atoms with Gasteiger partial charge in [0, 0.05) is 0 Å². The van der Waals surface area contributed by atoms with Gasteiger partial charge in [-0.05, 0) is 113 Å². The molecule has 4 unspecified atom stereocenters. The van der Waals surface area contributed by atoms with Crippen molar-refractivity contribution in [3.63, 3.8) is 0 Å². The molecule has 0 aromatic heterocycles. The lowest BCUT2D eigenvalue weighted by Gasteiger charge is -2.62. The highest BCUT2D eigenvalue weighted by atomic mass is 16.6. The summed E-state index contributed by atoms with van der Waals surface area (Å²) in [5.41, 5.74) is -0.0915. The number of rotatable bonds is 2. The van der Waals surface area contributed by atoms with E-state index in [9.17, 15) is 15.0 Å². The van der Waals surface area contributed by atoms with Gasteiger partial charge < -0.3 is 14.9 Å². The van der Waals surface area contributed by atoms with E-state index in [1.807, 2.05) is 20.8 Å². The molecule has 4 aliphatic carbocycles. The van der Waals surface area contributed by atoms with E-state index in [2.05, 4.69) is 20.8 Å². The van der Waals surface area contributed by atoms with E-state index in [1.165, 1.54) is 0 Å². The van der Waals surface area contributed by atoms with Gasteiger partial charge in [0.15, 0.2) is 0 Å². The lowest BCUT2D eigenvalue weighted by atomic mass is 9.43. The number of fused-ring (bicyclic) bond motifs is 5. The summed E-state index contributed by atoms with van der Waals surface area (Å²) in [6.07, 6.45) is 7.73. The Bertz CT molecular complexity index is 668. The van der Waals surface area contributed by atoms with Crippen molar-refractivity contribution in [2.24, 2.45) is 46.3 Å². The van der Waals surface area contributed by atoms with Gasteiger partial charge in [0.2, 0.25) is 0 Å². The Morgan fingerprint density at radius 3 is 2.27 bits per heavy atom. The minimum Gasteiger partial charge on any atom is -0.460 e. The van der Waals surface area contributed by atoms with Gasteiger partial charge in [-0.2, -0.15) is 0 Å². The fraction of sp³-hybridized carbons (Fsp3) is 0.962. The van der Waals surface area contributed by atoms with Crippen molar-refractivity contribution >= 4 is 5.97 Å². The third-order valence-corrected chi connectivity index (χ3v) is 10.1. The van der Waals surface area contributed by atoms with Crippen molar-refractivity contribution in [1.29, 1.82) is 0 Å². The quantitative estimate of drug-likeness (QED) is 0.620. The van der Waals surface area contributed by atoms with E-state index in [0.29, 0.717) is 29.6 Å². The van der Waals surface area contributed by atoms with Crippen LogP contribution in [-0.4, -0.2) is 34.0 Å². The minimum absolute atomic E-state index is 0.0611. The molecule has 0 aromatic carbocycles. The summed E-state index contributed by atoms with van der Waals surface area (Å²) in [5, 5.41) is 21.6. The third kappa shape index (κ3) is 3.54. The summed E-state index contributed by atoms with van der Waals surface area (Å²) < 4.78 is 5.75. The molecule has 2 N–H and O–H groups in total. The van der Waals surface area contributed by atoms with Gasteiger partial charge in [0.1, 0.15) is 5.60 Å². The van der Waals surface area contributed by atoms with Crippen molar-refractivity contribution in [2.75, 3.05) is 0 Å². The molecular weight excluding hydrogens is 376 g/mol. The van der Waals surface area contributed by atoms with Gasteiger partial charge in [-0.25, -0.2) is 0 Å². The standard InChI is InChI=1S/C26H44O4/c1-15(23(29)30-24(2,3)4)18-7-8-19-22-20(10-12-26(18,19)6)25(5)11-9-17(27)13-16(25)14-21(22)28/h15-22,27-28H,7-14H2,1-6H3/t15?,16-,17+,18+,19-,20?,21?,22?,25-,26+/m0/s1. The first-order valence-corrected chi connectivity index (χ1v) is 12.5. The molecule has 0 radical (unpaired) electrons. The van der Waals surface area contributed by atoms with Gasteiger partial charge in [0.25, 0.3) is 0 Å². The Morgan fingerprint density at radius 1 is 0.967 bits per heavy atom. The molecule has 4 saturated carbocycles. The lowest BCUT2D eigenvalue weighted by molar-refractivity contribution is -0.179. The SMILES string of the molecule is CC(C(=O)OC(C)(C)C)[C@H]1CC[C@H]2C3C(O)C[C@@H]4C[C@H](O)CC[C@]4(C)C3CC[C@]12C. The molecule has 172 valence electrons. The number of esters is 1. The number of ether oxygens (including phenoxy) is 1. The molecule has 10 atom stereocenters. The van der Waals surface area contributed by atoms with E-state index in [4.69, 9.17) is 4.74 Å². The zero-order chi connectivity index (χ0) is 22.1. The molecule has 0 spiro atoms. The van der Waals surface area contributed by atoms with Gasteiger partial charge in [-0.15, -0.1) is 0 Å². The monoisotopic (exact) mass is 420 g/mol. The number of carbonyl (C=O) groups is 1. The highest BCUT2D eigenvalue weighted by Gasteiger charge is 2.63. The lowest BCUT2D eigenvalue weighted by Crippen LogP contribution is -2.58. The van der Waals surface area contributed by atoms with Crippen LogP contribution in [0.1, 0.15) is 92.9 Å². The van der Waals surface area contributed by atoms with Gasteiger partial charge in [-0.1, -0.05) is 20.8 Å². The van der Waals surface area contributed by atoms with E-state index in [1.54, 1.807) is 0 Å². The highest BCUT2D eigenvalue weighted by Crippen LogP contribution is 2.68. The van der Waals surface area contributed by atoms with Crippen LogP contribution in [-0.2, 0) is 9.53 Å². The Balaban J connectivity index is 1.56. The van der Waals surface area contributed by atoms with Crippen LogP contribution in [0, 0.1) is 46.3 Å². The molecule has 4 rings (SSSR count). The molecule has 4 heteroatoms. The van der Waals surface area contributed by atoms with Crippen LogP contribution in [0.4, 0.5) is 0 Å². The van der Waals surface area contributed by atoms with Crippen LogP contribution in [0.15, 0.2) is 0 Å². The molecule has 0 heterocycles. The second-order valence-electron chi connectivity index (χ2n) is 12.8. The predicted molar refractivity (Wildman–Crippen MR) is 118 cm³/mol. The first-order chi connectivity index (χ1) is 13.9. The summed E-state index contributed by atoms with van der Waals surface area (Å²) >= 11 is 0. The molecule has 30 heavy (non-hydrogen) atoms. The largest absolute Gasteiger partial charge is 0.460 e. The van der Waals surface area contributed by atoms with Crippen molar-refractivity contribution in [2.45, 2.75) is 111 Å². The summed E-state index contributed by atoms with van der Waals surface area (Å²) in [6.45, 7) is 12.7. The van der Waals surface area contributed by atoms with Crippen molar-refractivity contribution in [3.8, 4) is 0 Å². The van der Waals surface area contributed by atoms with Crippen LogP contribution in [0.5, 0.6) is 0 Å². The molecule has 0 amide bonds. The normalized spacial score (nSPS) is 49.5. The topological polar surface area (TPSA) is 66.8 Å². The fourth-order valence-corrected chi connectivity index (χ4v) is 8.62. The van der Waals surface area contributed by atoms with Gasteiger partial charge in [0.05, 0.1) is 18.1 Å². The molecule has 0 saturated heterocycles. The van der Waals surface area contributed by atoms with Crippen LogP contribution in [0.2, 0.25) is 0 Å². The smallest absolute Gasteiger partial charge is 0.309 e. The first-order valence-electron chi connectivity index (χ1n) is 12.5. The van der Waals surface area contributed by atoms with E-state index < -0.39 is 5.60 Å². The van der Waals surface area contributed by atoms with E-state index in [-0.39, 0.29) is 34.9 Å². The molecule has 0 aliphatic heterocycles. The highest BCUT2D eigenvalue weighted by molar-refractivity contribution is 5.73. The van der Waals surface area contributed by atoms with Gasteiger partial charge in [-0.3, -0.25) is 4.79 Å². The van der Waals surface area contributed by atoms with Crippen LogP contribution < -0.4 is 0 Å². The zero-order valence-corrected chi connectivity index (χ0v) is 20.0. The second kappa shape index (κ2) is 7.47. The maximum Gasteiger partial charge on any atom is 0.309 e.